The van der Waals surface area contributed by atoms with Crippen molar-refractivity contribution in [1.82, 2.24) is 0 Å². The van der Waals surface area contributed by atoms with E-state index >= 15 is 0 Å². The van der Waals surface area contributed by atoms with Crippen LogP contribution < -0.4 is 0 Å². The first kappa shape index (κ1) is 26.5. The van der Waals surface area contributed by atoms with Crippen LogP contribution in [-0.4, -0.2) is 48.4 Å². The third kappa shape index (κ3) is 33.5. The Labute approximate surface area is 159 Å². The fourth-order valence-corrected chi connectivity index (χ4v) is 1.19. The average Bonchev–Trinajstić information content (AvgIpc) is 2.38. The first-order valence-electron chi connectivity index (χ1n) is 6.37. The largest absolute Gasteiger partial charge is 2.00 e. The van der Waals surface area contributed by atoms with Gasteiger partial charge in [0.25, 0.3) is 0 Å². The molecule has 21 heavy (non-hydrogen) atoms. The summed E-state index contributed by atoms with van der Waals surface area (Å²) in [5, 5.41) is 0. The zero-order valence-electron chi connectivity index (χ0n) is 12.2. The molecule has 0 rings (SSSR count). The van der Waals surface area contributed by atoms with Crippen molar-refractivity contribution in [2.75, 3.05) is 39.6 Å². The minimum Gasteiger partial charge on any atom is -0.511 e. The molecule has 0 aromatic rings. The molecular formula is C12H22NiO4S4. The van der Waals surface area contributed by atoms with Gasteiger partial charge in [-0.3, -0.25) is 0 Å². The van der Waals surface area contributed by atoms with E-state index < -0.39 is 0 Å². The van der Waals surface area contributed by atoms with Gasteiger partial charge in [0.05, 0.1) is 13.2 Å². The van der Waals surface area contributed by atoms with Crippen LogP contribution in [0.4, 0.5) is 0 Å². The summed E-state index contributed by atoms with van der Waals surface area (Å²) in [5.74, 6) is 0. The molecule has 0 unspecified atom stereocenters. The molecule has 0 aliphatic carbocycles. The molecule has 0 heterocycles. The Morgan fingerprint density at radius 3 is 1.29 bits per heavy atom. The van der Waals surface area contributed by atoms with E-state index in [2.05, 4.69) is 63.5 Å². The van der Waals surface area contributed by atoms with E-state index in [1.54, 1.807) is 0 Å². The van der Waals surface area contributed by atoms with E-state index in [4.69, 9.17) is 18.9 Å². The number of ether oxygens (including phenoxy) is 4. The second kappa shape index (κ2) is 22.9. The van der Waals surface area contributed by atoms with E-state index in [1.807, 2.05) is 0 Å². The maximum atomic E-state index is 5.10. The van der Waals surface area contributed by atoms with Crippen molar-refractivity contribution in [1.29, 1.82) is 0 Å². The average molecular weight is 417 g/mol. The molecule has 9 heteroatoms. The Bertz CT molecular complexity index is 221. The molecule has 128 valence electrons. The van der Waals surface area contributed by atoms with Crippen LogP contribution in [0.15, 0.2) is 0 Å². The summed E-state index contributed by atoms with van der Waals surface area (Å²) in [6, 6.07) is 0. The van der Waals surface area contributed by atoms with Crippen molar-refractivity contribution in [2.45, 2.75) is 26.7 Å². The van der Waals surface area contributed by atoms with Gasteiger partial charge in [0.2, 0.25) is 0 Å². The van der Waals surface area contributed by atoms with Crippen LogP contribution in [-0.2, 0) is 60.7 Å². The Morgan fingerprint density at radius 1 is 0.714 bits per heavy atom. The van der Waals surface area contributed by atoms with Gasteiger partial charge in [0.1, 0.15) is 13.2 Å². The summed E-state index contributed by atoms with van der Waals surface area (Å²) in [6.45, 7) is 7.75. The molecule has 0 radical (unpaired) electrons. The quantitative estimate of drug-likeness (QED) is 0.232. The first-order valence-corrected chi connectivity index (χ1v) is 8.00. The van der Waals surface area contributed by atoms with Gasteiger partial charge in [-0.2, -0.15) is 0 Å². The van der Waals surface area contributed by atoms with E-state index in [0.717, 1.165) is 26.1 Å². The Hall–Kier alpha value is 0.634. The second-order valence-corrected chi connectivity index (χ2v) is 5.42. The van der Waals surface area contributed by atoms with Crippen LogP contribution in [0.3, 0.4) is 0 Å². The fourth-order valence-electron chi connectivity index (χ4n) is 0.861. The van der Waals surface area contributed by atoms with E-state index in [-0.39, 0.29) is 25.3 Å². The van der Waals surface area contributed by atoms with Gasteiger partial charge < -0.3 is 68.6 Å². The molecule has 0 aliphatic heterocycles. The van der Waals surface area contributed by atoms with E-state index in [1.165, 1.54) is 0 Å². The van der Waals surface area contributed by atoms with Gasteiger partial charge >= 0.3 is 16.5 Å². The molecule has 4 nitrogen and oxygen atoms in total. The van der Waals surface area contributed by atoms with Gasteiger partial charge in [-0.05, 0) is 12.8 Å². The van der Waals surface area contributed by atoms with Crippen molar-refractivity contribution < 1.29 is 35.4 Å². The summed E-state index contributed by atoms with van der Waals surface area (Å²) in [4.78, 5) is 0. The van der Waals surface area contributed by atoms with Crippen molar-refractivity contribution in [3.63, 3.8) is 0 Å². The molecule has 0 amide bonds. The van der Waals surface area contributed by atoms with Gasteiger partial charge in [-0.1, -0.05) is 13.8 Å². The molecule has 0 aliphatic rings. The predicted octanol–water partition coefficient (Wildman–Crippen LogP) is 2.52. The van der Waals surface area contributed by atoms with Gasteiger partial charge in [0, 0.05) is 22.0 Å². The zero-order chi connectivity index (χ0) is 15.6. The molecular weight excluding hydrogens is 395 g/mol. The maximum Gasteiger partial charge on any atom is 2.00 e. The summed E-state index contributed by atoms with van der Waals surface area (Å²) in [7, 11) is 0. The molecule has 0 N–H and O–H groups in total. The van der Waals surface area contributed by atoms with Crippen molar-refractivity contribution in [2.24, 2.45) is 0 Å². The number of hydrogen-bond acceptors (Lipinski definition) is 8. The fraction of sp³-hybridized carbons (Fsp3) is 0.833. The molecule has 0 saturated heterocycles. The molecule has 0 fully saturated rings. The monoisotopic (exact) mass is 416 g/mol. The van der Waals surface area contributed by atoms with Crippen LogP contribution in [0.1, 0.15) is 26.7 Å². The number of rotatable bonds is 10. The first-order chi connectivity index (χ1) is 9.54. The standard InChI is InChI=1S/2C6H12O2S2.Ni/c2*1-2-3-7-4-5-8-6(9)10;/h2*2-5H2,1H3,(H,9,10);/q;;+2/p-2. The molecule has 0 aromatic heterocycles. The van der Waals surface area contributed by atoms with Gasteiger partial charge in [0.15, 0.2) is 0 Å². The summed E-state index contributed by atoms with van der Waals surface area (Å²) < 4.78 is 20.2. The minimum atomic E-state index is 0. The maximum absolute atomic E-state index is 5.10. The predicted molar refractivity (Wildman–Crippen MR) is 94.1 cm³/mol. The normalized spacial score (nSPS) is 8.86. The third-order valence-corrected chi connectivity index (χ3v) is 2.06. The van der Waals surface area contributed by atoms with Crippen LogP contribution in [0, 0.1) is 0 Å². The molecule has 0 bridgehead atoms. The van der Waals surface area contributed by atoms with Gasteiger partial charge in [-0.15, -0.1) is 0 Å². The number of hydrogen-bond donors (Lipinski definition) is 0. The van der Waals surface area contributed by atoms with Crippen molar-refractivity contribution >= 4 is 58.5 Å². The second-order valence-electron chi connectivity index (χ2n) is 3.42. The SMILES string of the molecule is CCCOCCOC(=S)[S-].CCCOCCOC(=S)[S-].[Ni+2]. The van der Waals surface area contributed by atoms with Crippen molar-refractivity contribution in [3.8, 4) is 0 Å². The summed E-state index contributed by atoms with van der Waals surface area (Å²) in [6.07, 6.45) is 2.05. The Balaban J connectivity index is -0.000000295. The zero-order valence-corrected chi connectivity index (χ0v) is 16.5. The molecule has 0 atom stereocenters. The number of thiocarbonyl (C=S) groups is 2. The van der Waals surface area contributed by atoms with Crippen molar-refractivity contribution in [3.05, 3.63) is 0 Å². The molecule has 0 saturated carbocycles. The smallest absolute Gasteiger partial charge is 0.511 e. The van der Waals surface area contributed by atoms with Gasteiger partial charge in [-0.25, -0.2) is 0 Å². The minimum absolute atomic E-state index is 0. The van der Waals surface area contributed by atoms with E-state index in [0.29, 0.717) is 26.4 Å². The van der Waals surface area contributed by atoms with Crippen LogP contribution in [0.5, 0.6) is 0 Å². The summed E-state index contributed by atoms with van der Waals surface area (Å²) >= 11 is 18.0. The van der Waals surface area contributed by atoms with Crippen LogP contribution in [0.2, 0.25) is 0 Å². The molecule has 0 aromatic carbocycles. The topological polar surface area (TPSA) is 36.9 Å². The Kier molecular flexibility index (Phi) is 28.9. The Morgan fingerprint density at radius 2 is 1.05 bits per heavy atom. The van der Waals surface area contributed by atoms with Crippen LogP contribution >= 0.6 is 24.4 Å². The summed E-state index contributed by atoms with van der Waals surface area (Å²) in [5.41, 5.74) is 0. The molecule has 0 spiro atoms. The third-order valence-electron chi connectivity index (χ3n) is 1.59. The van der Waals surface area contributed by atoms with E-state index in [9.17, 15) is 0 Å². The van der Waals surface area contributed by atoms with Crippen LogP contribution in [0.25, 0.3) is 0 Å².